The van der Waals surface area contributed by atoms with Gasteiger partial charge >= 0.3 is 0 Å². The van der Waals surface area contributed by atoms with E-state index in [0.29, 0.717) is 6.54 Å². The molecule has 1 aromatic rings. The lowest BCUT2D eigenvalue weighted by Gasteiger charge is -2.31. The molecule has 20 heavy (non-hydrogen) atoms. The summed E-state index contributed by atoms with van der Waals surface area (Å²) in [7, 11) is 0. The van der Waals surface area contributed by atoms with Crippen molar-refractivity contribution < 1.29 is 4.79 Å². The Labute approximate surface area is 121 Å². The van der Waals surface area contributed by atoms with Gasteiger partial charge in [-0.05, 0) is 31.9 Å². The monoisotopic (exact) mass is 275 g/mol. The molecule has 4 heteroatoms. The van der Waals surface area contributed by atoms with Crippen molar-refractivity contribution in [3.8, 4) is 0 Å². The van der Waals surface area contributed by atoms with Gasteiger partial charge in [0.05, 0.1) is 17.2 Å². The summed E-state index contributed by atoms with van der Waals surface area (Å²) in [6, 6.07) is 5.68. The molecule has 1 aromatic heterocycles. The van der Waals surface area contributed by atoms with Crippen LogP contribution in [0.5, 0.6) is 0 Å². The third-order valence-corrected chi connectivity index (χ3v) is 4.41. The maximum Gasteiger partial charge on any atom is 0.228 e. The lowest BCUT2D eigenvalue weighted by atomic mass is 9.79. The zero-order chi connectivity index (χ0) is 14.4. The molecule has 1 aliphatic rings. The molecule has 1 fully saturated rings. The number of nitrogens with zero attached hydrogens (tertiary/aromatic N) is 1. The van der Waals surface area contributed by atoms with E-state index in [-0.39, 0.29) is 17.4 Å². The van der Waals surface area contributed by atoms with Crippen LogP contribution in [0.2, 0.25) is 0 Å². The molecule has 1 heterocycles. The molecule has 2 rings (SSSR count). The van der Waals surface area contributed by atoms with Gasteiger partial charge in [0.2, 0.25) is 5.91 Å². The number of aromatic nitrogens is 1. The maximum atomic E-state index is 12.7. The first kappa shape index (κ1) is 15.0. The van der Waals surface area contributed by atoms with Crippen LogP contribution in [0.4, 0.5) is 0 Å². The molecule has 4 nitrogen and oxygen atoms in total. The van der Waals surface area contributed by atoms with E-state index >= 15 is 0 Å². The molecule has 0 aromatic carbocycles. The molecule has 110 valence electrons. The third kappa shape index (κ3) is 3.37. The van der Waals surface area contributed by atoms with Crippen LogP contribution in [0.15, 0.2) is 24.4 Å². The van der Waals surface area contributed by atoms with Gasteiger partial charge in [-0.15, -0.1) is 0 Å². The van der Waals surface area contributed by atoms with Crippen LogP contribution >= 0.6 is 0 Å². The smallest absolute Gasteiger partial charge is 0.228 e. The largest absolute Gasteiger partial charge is 0.347 e. The fourth-order valence-electron chi connectivity index (χ4n) is 2.98. The van der Waals surface area contributed by atoms with Crippen LogP contribution in [0.25, 0.3) is 0 Å². The summed E-state index contributed by atoms with van der Waals surface area (Å²) in [5, 5.41) is 3.10. The van der Waals surface area contributed by atoms with E-state index in [0.717, 1.165) is 31.4 Å². The molecule has 0 spiro atoms. The van der Waals surface area contributed by atoms with Crippen molar-refractivity contribution >= 4 is 5.91 Å². The number of hydrogen-bond donors (Lipinski definition) is 2. The molecule has 1 saturated carbocycles. The molecule has 0 aliphatic heterocycles. The van der Waals surface area contributed by atoms with Crippen molar-refractivity contribution in [3.63, 3.8) is 0 Å². The van der Waals surface area contributed by atoms with E-state index in [1.807, 2.05) is 25.1 Å². The Kier molecular flexibility index (Phi) is 5.12. The second-order valence-electron chi connectivity index (χ2n) is 5.85. The van der Waals surface area contributed by atoms with Crippen molar-refractivity contribution in [2.75, 3.05) is 6.54 Å². The summed E-state index contributed by atoms with van der Waals surface area (Å²) in [5.41, 5.74) is 6.46. The van der Waals surface area contributed by atoms with Crippen molar-refractivity contribution in [1.82, 2.24) is 10.3 Å². The van der Waals surface area contributed by atoms with E-state index in [1.165, 1.54) is 12.8 Å². The minimum Gasteiger partial charge on any atom is -0.347 e. The van der Waals surface area contributed by atoms with Gasteiger partial charge in [-0.3, -0.25) is 9.78 Å². The topological polar surface area (TPSA) is 68.0 Å². The van der Waals surface area contributed by atoms with Gasteiger partial charge in [0.25, 0.3) is 0 Å². The molecule has 1 aliphatic carbocycles. The maximum absolute atomic E-state index is 12.7. The van der Waals surface area contributed by atoms with Crippen LogP contribution in [0.3, 0.4) is 0 Å². The van der Waals surface area contributed by atoms with Crippen LogP contribution in [0.1, 0.15) is 57.2 Å². The minimum absolute atomic E-state index is 0.0737. The second kappa shape index (κ2) is 6.84. The van der Waals surface area contributed by atoms with Crippen LogP contribution in [-0.2, 0) is 4.79 Å². The number of carbonyl (C=O) groups is 1. The summed E-state index contributed by atoms with van der Waals surface area (Å²) in [6.07, 6.45) is 8.19. The highest BCUT2D eigenvalue weighted by molar-refractivity contribution is 5.83. The molecule has 1 amide bonds. The SMILES string of the molecule is C[C@@H](NC(=O)C1(CN)CCCCCC1)c1ccccn1. The number of nitrogens with one attached hydrogen (secondary N) is 1. The number of carbonyl (C=O) groups excluding carboxylic acids is 1. The molecule has 0 bridgehead atoms. The summed E-state index contributed by atoms with van der Waals surface area (Å²) in [5.74, 6) is 0.0973. The van der Waals surface area contributed by atoms with Crippen LogP contribution in [-0.4, -0.2) is 17.4 Å². The summed E-state index contributed by atoms with van der Waals surface area (Å²) >= 11 is 0. The fourth-order valence-corrected chi connectivity index (χ4v) is 2.98. The minimum atomic E-state index is -0.375. The average molecular weight is 275 g/mol. The lowest BCUT2D eigenvalue weighted by molar-refractivity contribution is -0.132. The Morgan fingerprint density at radius 3 is 2.60 bits per heavy atom. The van der Waals surface area contributed by atoms with E-state index in [1.54, 1.807) is 6.20 Å². The Balaban J connectivity index is 2.05. The second-order valence-corrected chi connectivity index (χ2v) is 5.85. The lowest BCUT2D eigenvalue weighted by Crippen LogP contribution is -2.46. The zero-order valence-electron chi connectivity index (χ0n) is 12.3. The first-order chi connectivity index (χ1) is 9.68. The van der Waals surface area contributed by atoms with Gasteiger partial charge in [-0.2, -0.15) is 0 Å². The Morgan fingerprint density at radius 2 is 2.05 bits per heavy atom. The van der Waals surface area contributed by atoms with Crippen molar-refractivity contribution in [1.29, 1.82) is 0 Å². The predicted molar refractivity (Wildman–Crippen MR) is 80.0 cm³/mol. The Bertz CT molecular complexity index is 425. The number of hydrogen-bond acceptors (Lipinski definition) is 3. The standard InChI is InChI=1S/C16H25N3O/c1-13(14-8-4-7-11-18-14)19-15(20)16(12-17)9-5-2-3-6-10-16/h4,7-8,11,13H,2-3,5-6,9-10,12,17H2,1H3,(H,19,20)/t13-/m1/s1. The number of rotatable bonds is 4. The number of amides is 1. The molecular formula is C16H25N3O. The summed E-state index contributed by atoms with van der Waals surface area (Å²) in [6.45, 7) is 2.41. The average Bonchev–Trinajstić information content (AvgIpc) is 2.74. The first-order valence-corrected chi connectivity index (χ1v) is 7.60. The zero-order valence-corrected chi connectivity index (χ0v) is 12.3. The highest BCUT2D eigenvalue weighted by Gasteiger charge is 2.37. The van der Waals surface area contributed by atoms with Crippen molar-refractivity contribution in [2.24, 2.45) is 11.1 Å². The van der Waals surface area contributed by atoms with Crippen molar-refractivity contribution in [3.05, 3.63) is 30.1 Å². The Morgan fingerprint density at radius 1 is 1.35 bits per heavy atom. The fraction of sp³-hybridized carbons (Fsp3) is 0.625. The Hall–Kier alpha value is -1.42. The molecule has 3 N–H and O–H groups in total. The van der Waals surface area contributed by atoms with Gasteiger partial charge < -0.3 is 11.1 Å². The molecule has 0 unspecified atom stereocenters. The molecule has 1 atom stereocenters. The van der Waals surface area contributed by atoms with Gasteiger partial charge in [-0.1, -0.05) is 31.7 Å². The van der Waals surface area contributed by atoms with E-state index < -0.39 is 0 Å². The predicted octanol–water partition coefficient (Wildman–Crippen LogP) is 2.56. The van der Waals surface area contributed by atoms with Crippen LogP contribution < -0.4 is 11.1 Å². The molecule has 0 radical (unpaired) electrons. The number of pyridine rings is 1. The summed E-state index contributed by atoms with van der Waals surface area (Å²) < 4.78 is 0. The van der Waals surface area contributed by atoms with Gasteiger partial charge in [0.15, 0.2) is 0 Å². The van der Waals surface area contributed by atoms with Gasteiger partial charge in [-0.25, -0.2) is 0 Å². The van der Waals surface area contributed by atoms with Crippen molar-refractivity contribution in [2.45, 2.75) is 51.5 Å². The highest BCUT2D eigenvalue weighted by Crippen LogP contribution is 2.34. The number of nitrogens with two attached hydrogens (primary N) is 1. The van der Waals surface area contributed by atoms with Gasteiger partial charge in [0, 0.05) is 12.7 Å². The summed E-state index contributed by atoms with van der Waals surface area (Å²) in [4.78, 5) is 17.0. The normalized spacial score (nSPS) is 19.9. The molecule has 0 saturated heterocycles. The van der Waals surface area contributed by atoms with E-state index in [2.05, 4.69) is 10.3 Å². The molecular weight excluding hydrogens is 250 g/mol. The van der Waals surface area contributed by atoms with Crippen LogP contribution in [0, 0.1) is 5.41 Å². The van der Waals surface area contributed by atoms with Gasteiger partial charge in [0.1, 0.15) is 0 Å². The third-order valence-electron chi connectivity index (χ3n) is 4.41. The van der Waals surface area contributed by atoms with E-state index in [9.17, 15) is 4.79 Å². The van der Waals surface area contributed by atoms with E-state index in [4.69, 9.17) is 5.73 Å². The quantitative estimate of drug-likeness (QED) is 0.830. The highest BCUT2D eigenvalue weighted by atomic mass is 16.2. The first-order valence-electron chi connectivity index (χ1n) is 7.60.